The summed E-state index contributed by atoms with van der Waals surface area (Å²) in [5.74, 6) is -7.19. The third-order valence-corrected chi connectivity index (χ3v) is 3.99. The summed E-state index contributed by atoms with van der Waals surface area (Å²) in [6.45, 7) is -5.93. The van der Waals surface area contributed by atoms with Gasteiger partial charge in [-0.1, -0.05) is 0 Å². The van der Waals surface area contributed by atoms with Crippen molar-refractivity contribution in [3.8, 4) is 0 Å². The molecule has 1 aliphatic heterocycles. The van der Waals surface area contributed by atoms with Crippen LogP contribution in [0.5, 0.6) is 0 Å². The van der Waals surface area contributed by atoms with Crippen molar-refractivity contribution in [2.24, 2.45) is 0 Å². The number of hydrogen-bond donors (Lipinski definition) is 1. The maximum Gasteiger partial charge on any atom is 0.471 e. The van der Waals surface area contributed by atoms with Crippen LogP contribution in [0.2, 0.25) is 0 Å². The summed E-state index contributed by atoms with van der Waals surface area (Å²) in [5.41, 5.74) is 0. The summed E-state index contributed by atoms with van der Waals surface area (Å²) >= 11 is 0. The predicted octanol–water partition coefficient (Wildman–Crippen LogP) is 0.762. The van der Waals surface area contributed by atoms with Crippen LogP contribution >= 0.6 is 0 Å². The summed E-state index contributed by atoms with van der Waals surface area (Å²) in [6, 6.07) is 0. The Morgan fingerprint density at radius 3 is 0.967 bits per heavy atom. The molecule has 0 radical (unpaired) electrons. The Hall–Kier alpha value is -2.26. The van der Waals surface area contributed by atoms with E-state index >= 15 is 0 Å². The van der Waals surface area contributed by atoms with Crippen LogP contribution in [-0.2, 0) is 14.4 Å². The molecule has 1 saturated heterocycles. The van der Waals surface area contributed by atoms with Gasteiger partial charge < -0.3 is 20.0 Å². The highest BCUT2D eigenvalue weighted by Gasteiger charge is 2.46. The second-order valence-corrected chi connectivity index (χ2v) is 6.12. The van der Waals surface area contributed by atoms with Gasteiger partial charge in [0.05, 0.1) is 0 Å². The van der Waals surface area contributed by atoms with Crippen molar-refractivity contribution in [3.05, 3.63) is 0 Å². The van der Waals surface area contributed by atoms with Crippen molar-refractivity contribution in [1.82, 2.24) is 20.0 Å². The van der Waals surface area contributed by atoms with Crippen molar-refractivity contribution in [2.75, 3.05) is 52.4 Å². The Morgan fingerprint density at radius 2 is 0.733 bits per heavy atom. The minimum atomic E-state index is -5.46. The van der Waals surface area contributed by atoms with Crippen LogP contribution in [0.3, 0.4) is 0 Å². The maximum absolute atomic E-state index is 12.8. The summed E-state index contributed by atoms with van der Waals surface area (Å²) in [6.07, 6.45) is -16.1. The smallest absolute Gasteiger partial charge is 0.332 e. The molecule has 0 aromatic heterocycles. The Morgan fingerprint density at radius 1 is 0.500 bits per heavy atom. The summed E-state index contributed by atoms with van der Waals surface area (Å²) < 4.78 is 114. The number of nitrogens with one attached hydrogen (secondary N) is 1. The van der Waals surface area contributed by atoms with Gasteiger partial charge in [-0.05, 0) is 0 Å². The molecule has 7 nitrogen and oxygen atoms in total. The molecule has 1 N–H and O–H groups in total. The summed E-state index contributed by atoms with van der Waals surface area (Å²) in [7, 11) is 0. The second-order valence-electron chi connectivity index (χ2n) is 6.12. The molecule has 0 aromatic carbocycles. The van der Waals surface area contributed by atoms with Gasteiger partial charge in [0.1, 0.15) is 0 Å². The minimum Gasteiger partial charge on any atom is -0.332 e. The van der Waals surface area contributed by atoms with E-state index in [2.05, 4.69) is 5.32 Å². The fourth-order valence-corrected chi connectivity index (χ4v) is 2.52. The lowest BCUT2D eigenvalue weighted by molar-refractivity contribution is -0.190. The van der Waals surface area contributed by atoms with Crippen LogP contribution in [-0.4, -0.2) is 103 Å². The number of carbonyl (C=O) groups excluding carboxylic acids is 3. The molecule has 174 valence electrons. The number of alkyl halides is 9. The van der Waals surface area contributed by atoms with Gasteiger partial charge in [0.25, 0.3) is 0 Å². The average molecular weight is 460 g/mol. The Labute approximate surface area is 163 Å². The first-order valence-corrected chi connectivity index (χ1v) is 8.34. The zero-order valence-corrected chi connectivity index (χ0v) is 15.1. The zero-order valence-electron chi connectivity index (χ0n) is 15.1. The molecular weight excluding hydrogens is 443 g/mol. The fraction of sp³-hybridized carbons (Fsp3) is 0.786. The van der Waals surface area contributed by atoms with Gasteiger partial charge in [0.15, 0.2) is 0 Å². The van der Waals surface area contributed by atoms with Crippen molar-refractivity contribution in [3.63, 3.8) is 0 Å². The Balaban J connectivity index is 3.09. The highest BCUT2D eigenvalue weighted by Crippen LogP contribution is 2.22. The maximum atomic E-state index is 12.8. The van der Waals surface area contributed by atoms with Gasteiger partial charge >= 0.3 is 36.3 Å². The SMILES string of the molecule is O=C(N1CCNCCN(C(=O)C(F)(F)F)CCN(C(=O)C(F)(F)F)CC1)C(F)(F)F. The Bertz CT molecular complexity index is 594. The minimum absolute atomic E-state index is 0.0393. The summed E-state index contributed by atoms with van der Waals surface area (Å²) in [4.78, 5) is 34.7. The molecule has 16 heteroatoms. The van der Waals surface area contributed by atoms with E-state index in [0.29, 0.717) is 0 Å². The van der Waals surface area contributed by atoms with Crippen LogP contribution in [0.4, 0.5) is 39.5 Å². The fourth-order valence-electron chi connectivity index (χ4n) is 2.52. The second kappa shape index (κ2) is 9.70. The van der Waals surface area contributed by atoms with E-state index < -0.39 is 75.5 Å². The van der Waals surface area contributed by atoms with E-state index in [4.69, 9.17) is 0 Å². The zero-order chi connectivity index (χ0) is 23.3. The normalized spacial score (nSPS) is 18.5. The van der Waals surface area contributed by atoms with E-state index in [-0.39, 0.29) is 27.8 Å². The van der Waals surface area contributed by atoms with Gasteiger partial charge in [-0.3, -0.25) is 14.4 Å². The van der Waals surface area contributed by atoms with Crippen molar-refractivity contribution >= 4 is 17.7 Å². The molecular formula is C14H17F9N4O3. The van der Waals surface area contributed by atoms with Crippen molar-refractivity contribution in [1.29, 1.82) is 0 Å². The molecule has 1 heterocycles. The van der Waals surface area contributed by atoms with Gasteiger partial charge in [0.2, 0.25) is 0 Å². The molecule has 0 atom stereocenters. The van der Waals surface area contributed by atoms with E-state index in [1.165, 1.54) is 0 Å². The van der Waals surface area contributed by atoms with Crippen LogP contribution in [0, 0.1) is 0 Å². The molecule has 1 fully saturated rings. The quantitative estimate of drug-likeness (QED) is 0.542. The topological polar surface area (TPSA) is 73.0 Å². The summed E-state index contributed by atoms with van der Waals surface area (Å²) in [5, 5.41) is 2.45. The monoisotopic (exact) mass is 460 g/mol. The number of nitrogens with zero attached hydrogens (tertiary/aromatic N) is 3. The van der Waals surface area contributed by atoms with Crippen LogP contribution in [0.15, 0.2) is 0 Å². The first-order valence-electron chi connectivity index (χ1n) is 8.34. The highest BCUT2D eigenvalue weighted by atomic mass is 19.4. The lowest BCUT2D eigenvalue weighted by atomic mass is 10.3. The molecule has 0 saturated carbocycles. The number of hydrogen-bond acceptors (Lipinski definition) is 4. The van der Waals surface area contributed by atoms with Crippen LogP contribution in [0.1, 0.15) is 0 Å². The molecule has 0 aliphatic carbocycles. The third-order valence-electron chi connectivity index (χ3n) is 3.99. The first kappa shape index (κ1) is 25.8. The first-order chi connectivity index (χ1) is 13.5. The van der Waals surface area contributed by atoms with Gasteiger partial charge in [-0.25, -0.2) is 0 Å². The molecule has 0 spiro atoms. The molecule has 30 heavy (non-hydrogen) atoms. The predicted molar refractivity (Wildman–Crippen MR) is 80.8 cm³/mol. The van der Waals surface area contributed by atoms with Gasteiger partial charge in [-0.2, -0.15) is 39.5 Å². The lowest BCUT2D eigenvalue weighted by Crippen LogP contribution is -2.53. The van der Waals surface area contributed by atoms with E-state index in [0.717, 1.165) is 0 Å². The van der Waals surface area contributed by atoms with Crippen molar-refractivity contribution < 1.29 is 53.9 Å². The molecule has 0 aromatic rings. The van der Waals surface area contributed by atoms with E-state index in [1.54, 1.807) is 0 Å². The van der Waals surface area contributed by atoms with Crippen molar-refractivity contribution in [2.45, 2.75) is 18.5 Å². The van der Waals surface area contributed by atoms with Gasteiger partial charge in [0, 0.05) is 52.4 Å². The number of carbonyl (C=O) groups is 3. The molecule has 3 amide bonds. The third kappa shape index (κ3) is 7.53. The average Bonchev–Trinajstić information content (AvgIpc) is 2.58. The standard InChI is InChI=1S/C14H17F9N4O3/c15-12(16,17)9(28)25-3-1-24-2-4-26(10(29)13(18,19)20)6-8-27(7-5-25)11(30)14(21,22)23/h24H,1-8H2. The molecule has 1 rings (SSSR count). The van der Waals surface area contributed by atoms with E-state index in [9.17, 15) is 53.9 Å². The van der Waals surface area contributed by atoms with Gasteiger partial charge in [-0.15, -0.1) is 0 Å². The Kier molecular flexibility index (Phi) is 8.33. The highest BCUT2D eigenvalue weighted by molar-refractivity contribution is 5.83. The number of halogens is 9. The van der Waals surface area contributed by atoms with E-state index in [1.807, 2.05) is 0 Å². The lowest BCUT2D eigenvalue weighted by Gasteiger charge is -2.32. The molecule has 0 bridgehead atoms. The molecule has 1 aliphatic rings. The molecule has 0 unspecified atom stereocenters. The van der Waals surface area contributed by atoms with Crippen LogP contribution < -0.4 is 5.32 Å². The van der Waals surface area contributed by atoms with Crippen LogP contribution in [0.25, 0.3) is 0 Å². The number of amides is 3. The number of rotatable bonds is 0. The largest absolute Gasteiger partial charge is 0.471 e.